The fourth-order valence-electron chi connectivity index (χ4n) is 3.62. The standard InChI is InChI=1S/C15H24B2O3PS2/c1-10(2)11-6-7-15(3)13(8-11)20-21(22,23-15)18-9-12-4-5-14(17-16)19-12/h11-14H,1,4-9H2,2-3H3/t11-,12+,13+,14-,15+,21-/m1/s1. The van der Waals surface area contributed by atoms with Gasteiger partial charge in [-0.3, -0.25) is 0 Å². The molecule has 3 rings (SSSR count). The topological polar surface area (TPSA) is 27.7 Å². The third-order valence-electron chi connectivity index (χ3n) is 5.22. The van der Waals surface area contributed by atoms with E-state index in [4.69, 9.17) is 33.3 Å². The Bertz CT molecular complexity index is 521. The van der Waals surface area contributed by atoms with Crippen LogP contribution in [0.5, 0.6) is 0 Å². The molecule has 2 heterocycles. The molecule has 3 radical (unpaired) electrons. The van der Waals surface area contributed by atoms with Gasteiger partial charge < -0.3 is 13.8 Å². The molecule has 1 saturated carbocycles. The minimum Gasteiger partial charge on any atom is -0.382 e. The third-order valence-corrected chi connectivity index (χ3v) is 11.0. The normalized spacial score (nSPS) is 46.5. The molecule has 6 atom stereocenters. The van der Waals surface area contributed by atoms with Crippen LogP contribution >= 0.6 is 17.1 Å². The van der Waals surface area contributed by atoms with Gasteiger partial charge in [0.25, 0.3) is 0 Å². The molecule has 8 heteroatoms. The number of ether oxygens (including phenoxy) is 1. The molecule has 3 aliphatic rings. The average molecular weight is 369 g/mol. The lowest BCUT2D eigenvalue weighted by Gasteiger charge is -2.37. The predicted molar refractivity (Wildman–Crippen MR) is 103 cm³/mol. The largest absolute Gasteiger partial charge is 0.382 e. The molecule has 125 valence electrons. The van der Waals surface area contributed by atoms with Gasteiger partial charge in [-0.1, -0.05) is 23.5 Å². The molecule has 3 fully saturated rings. The van der Waals surface area contributed by atoms with E-state index in [0.29, 0.717) is 12.5 Å². The van der Waals surface area contributed by atoms with E-state index < -0.39 is 5.69 Å². The van der Waals surface area contributed by atoms with Crippen LogP contribution in [0.25, 0.3) is 0 Å². The van der Waals surface area contributed by atoms with E-state index in [2.05, 4.69) is 20.4 Å². The van der Waals surface area contributed by atoms with Gasteiger partial charge in [-0.05, 0) is 63.7 Å². The fraction of sp³-hybridized carbons (Fsp3) is 0.867. The van der Waals surface area contributed by atoms with Gasteiger partial charge in [0.1, 0.15) is 0 Å². The average Bonchev–Trinajstić information content (AvgIpc) is 3.05. The Kier molecular flexibility index (Phi) is 5.78. The Hall–Kier alpha value is 0.750. The first-order valence-corrected chi connectivity index (χ1v) is 12.4. The van der Waals surface area contributed by atoms with Crippen molar-refractivity contribution in [1.82, 2.24) is 0 Å². The first-order chi connectivity index (χ1) is 10.8. The first-order valence-electron chi connectivity index (χ1n) is 8.33. The van der Waals surface area contributed by atoms with Gasteiger partial charge in [0.15, 0.2) is 0 Å². The van der Waals surface area contributed by atoms with Gasteiger partial charge in [0, 0.05) is 18.5 Å². The molecule has 0 N–H and O–H groups in total. The van der Waals surface area contributed by atoms with E-state index in [0.717, 1.165) is 25.7 Å². The molecule has 0 amide bonds. The summed E-state index contributed by atoms with van der Waals surface area (Å²) in [4.78, 5) is 0. The van der Waals surface area contributed by atoms with Gasteiger partial charge >= 0.3 is 0 Å². The zero-order chi connectivity index (χ0) is 16.7. The van der Waals surface area contributed by atoms with Crippen LogP contribution in [0.2, 0.25) is 0 Å². The number of fused-ring (bicyclic) bond motifs is 1. The molecule has 1 aliphatic carbocycles. The van der Waals surface area contributed by atoms with Crippen molar-refractivity contribution in [1.29, 1.82) is 0 Å². The maximum atomic E-state index is 6.29. The van der Waals surface area contributed by atoms with Gasteiger partial charge in [0.2, 0.25) is 5.69 Å². The Labute approximate surface area is 151 Å². The van der Waals surface area contributed by atoms with E-state index in [1.165, 1.54) is 12.0 Å². The summed E-state index contributed by atoms with van der Waals surface area (Å²) in [6, 6.07) is 0.0524. The molecular formula is C15H24B2O3PS2. The van der Waals surface area contributed by atoms with Crippen LogP contribution in [-0.4, -0.2) is 44.5 Å². The predicted octanol–water partition coefficient (Wildman–Crippen LogP) is 3.79. The molecule has 2 saturated heterocycles. The molecule has 0 aromatic rings. The zero-order valence-electron chi connectivity index (χ0n) is 13.9. The van der Waals surface area contributed by atoms with Crippen LogP contribution in [0.4, 0.5) is 0 Å². The van der Waals surface area contributed by atoms with Crippen molar-refractivity contribution in [2.24, 2.45) is 5.92 Å². The van der Waals surface area contributed by atoms with Crippen molar-refractivity contribution in [3.63, 3.8) is 0 Å². The smallest absolute Gasteiger partial charge is 0.248 e. The molecule has 2 aliphatic heterocycles. The second-order valence-corrected chi connectivity index (χ2v) is 13.7. The summed E-state index contributed by atoms with van der Waals surface area (Å²) in [6.45, 7) is 9.02. The van der Waals surface area contributed by atoms with Crippen LogP contribution in [0.1, 0.15) is 46.0 Å². The van der Waals surface area contributed by atoms with Crippen LogP contribution in [0, 0.1) is 5.92 Å². The highest BCUT2D eigenvalue weighted by Gasteiger charge is 2.53. The van der Waals surface area contributed by atoms with E-state index in [1.807, 2.05) is 0 Å². The maximum Gasteiger partial charge on any atom is 0.248 e. The number of hydrogen-bond acceptors (Lipinski definition) is 5. The molecule has 23 heavy (non-hydrogen) atoms. The van der Waals surface area contributed by atoms with Gasteiger partial charge in [0.05, 0.1) is 26.0 Å². The number of allylic oxidation sites excluding steroid dienone is 1. The van der Waals surface area contributed by atoms with E-state index >= 15 is 0 Å². The number of rotatable bonds is 5. The van der Waals surface area contributed by atoms with Crippen molar-refractivity contribution in [2.75, 3.05) is 6.61 Å². The Morgan fingerprint density at radius 3 is 2.96 bits per heavy atom. The van der Waals surface area contributed by atoms with Crippen LogP contribution < -0.4 is 0 Å². The minimum atomic E-state index is -2.28. The molecule has 3 nitrogen and oxygen atoms in total. The zero-order valence-corrected chi connectivity index (χ0v) is 16.4. The summed E-state index contributed by atoms with van der Waals surface area (Å²) >= 11 is 7.54. The fourth-order valence-corrected chi connectivity index (χ4v) is 10.8. The molecule has 0 aromatic carbocycles. The Balaban J connectivity index is 1.57. The second kappa shape index (κ2) is 7.17. The van der Waals surface area contributed by atoms with Crippen LogP contribution in [0.3, 0.4) is 0 Å². The van der Waals surface area contributed by atoms with Crippen molar-refractivity contribution in [3.05, 3.63) is 12.2 Å². The van der Waals surface area contributed by atoms with E-state index in [9.17, 15) is 0 Å². The second-order valence-electron chi connectivity index (χ2n) is 7.12. The quantitative estimate of drug-likeness (QED) is 0.418. The molecule has 0 spiro atoms. The summed E-state index contributed by atoms with van der Waals surface area (Å²) in [5.41, 5.74) is -1.02. The summed E-state index contributed by atoms with van der Waals surface area (Å²) < 4.78 is 18.3. The van der Waals surface area contributed by atoms with Gasteiger partial charge in [-0.15, -0.1) is 0 Å². The maximum absolute atomic E-state index is 6.29. The monoisotopic (exact) mass is 369 g/mol. The SMILES string of the molecule is [B][B][C@H]1CC[C@@H](CO[P@]2(=S)O[C@H]3C[C@H](C(=C)C)CC[C@]3(C)S2)O1. The molecule has 0 bridgehead atoms. The van der Waals surface area contributed by atoms with Crippen LogP contribution in [-0.2, 0) is 25.6 Å². The minimum absolute atomic E-state index is 0.0524. The van der Waals surface area contributed by atoms with Crippen molar-refractivity contribution in [2.45, 2.75) is 68.9 Å². The lowest BCUT2D eigenvalue weighted by Crippen LogP contribution is -2.39. The van der Waals surface area contributed by atoms with Crippen molar-refractivity contribution in [3.8, 4) is 0 Å². The van der Waals surface area contributed by atoms with Crippen LogP contribution in [0.15, 0.2) is 12.2 Å². The van der Waals surface area contributed by atoms with E-state index in [-0.39, 0.29) is 23.0 Å². The van der Waals surface area contributed by atoms with Crippen molar-refractivity contribution >= 4 is 43.8 Å². The molecular weight excluding hydrogens is 345 g/mol. The number of hydrogen-bond donors (Lipinski definition) is 0. The first kappa shape index (κ1) is 18.5. The van der Waals surface area contributed by atoms with Gasteiger partial charge in [-0.25, -0.2) is 0 Å². The summed E-state index contributed by atoms with van der Waals surface area (Å²) in [6.07, 6.45) is 5.51. The van der Waals surface area contributed by atoms with Gasteiger partial charge in [-0.2, -0.15) is 0 Å². The Morgan fingerprint density at radius 1 is 1.52 bits per heavy atom. The lowest BCUT2D eigenvalue weighted by atomic mass is 9.51. The molecule has 0 aromatic heterocycles. The summed E-state index contributed by atoms with van der Waals surface area (Å²) in [5.74, 6) is 0.550. The highest BCUT2D eigenvalue weighted by Crippen LogP contribution is 2.75. The highest BCUT2D eigenvalue weighted by atomic mass is 32.9. The third kappa shape index (κ3) is 4.12. The van der Waals surface area contributed by atoms with E-state index in [1.54, 1.807) is 18.6 Å². The van der Waals surface area contributed by atoms with Crippen molar-refractivity contribution < 1.29 is 13.8 Å². The molecule has 0 unspecified atom stereocenters. The summed E-state index contributed by atoms with van der Waals surface area (Å²) in [5, 5.41) is 0. The Morgan fingerprint density at radius 2 is 2.30 bits per heavy atom. The summed E-state index contributed by atoms with van der Waals surface area (Å²) in [7, 11) is 7.15. The highest BCUT2D eigenvalue weighted by molar-refractivity contribution is 8.68. The lowest BCUT2D eigenvalue weighted by molar-refractivity contribution is 0.0450.